The number of amides is 1. The number of nitrogens with zero attached hydrogens (tertiary/aromatic N) is 1. The first-order chi connectivity index (χ1) is 13.7. The fraction of sp³-hybridized carbons (Fsp3) is 0.348. The van der Waals surface area contributed by atoms with Crippen molar-refractivity contribution in [3.63, 3.8) is 0 Å². The Morgan fingerprint density at radius 1 is 1.03 bits per heavy atom. The van der Waals surface area contributed by atoms with Gasteiger partial charge in [0.1, 0.15) is 5.69 Å². The van der Waals surface area contributed by atoms with Crippen LogP contribution < -0.4 is 4.72 Å². The molecule has 0 aliphatic rings. The molecule has 0 spiro atoms. The van der Waals surface area contributed by atoms with Crippen LogP contribution in [-0.2, 0) is 16.6 Å². The highest BCUT2D eigenvalue weighted by Crippen LogP contribution is 2.25. The molecule has 3 aromatic rings. The van der Waals surface area contributed by atoms with Crippen molar-refractivity contribution in [2.24, 2.45) is 5.41 Å². The van der Waals surface area contributed by atoms with Gasteiger partial charge in [0, 0.05) is 17.4 Å². The van der Waals surface area contributed by atoms with Crippen molar-refractivity contribution in [2.75, 3.05) is 5.75 Å². The molecule has 29 heavy (non-hydrogen) atoms. The van der Waals surface area contributed by atoms with Crippen molar-refractivity contribution in [2.45, 2.75) is 40.2 Å². The van der Waals surface area contributed by atoms with Crippen molar-refractivity contribution < 1.29 is 13.2 Å². The van der Waals surface area contributed by atoms with Gasteiger partial charge in [0.2, 0.25) is 10.0 Å². The van der Waals surface area contributed by atoms with Gasteiger partial charge in [-0.1, -0.05) is 75.7 Å². The molecule has 6 heteroatoms. The van der Waals surface area contributed by atoms with Gasteiger partial charge in [0.15, 0.2) is 0 Å². The van der Waals surface area contributed by atoms with Crippen LogP contribution in [0.15, 0.2) is 60.7 Å². The standard InChI is InChI=1S/C23H28N2O3S/c1-4-23(2,3)14-15-29(27,28)24-22(26)21-16-19-12-8-9-13-20(19)25(21)17-18-10-6-5-7-11-18/h5-13,16H,4,14-15,17H2,1-3H3,(H,24,26). The van der Waals surface area contributed by atoms with Crippen LogP contribution in [-0.4, -0.2) is 24.6 Å². The second kappa shape index (κ2) is 8.41. The van der Waals surface area contributed by atoms with E-state index in [9.17, 15) is 13.2 Å². The summed E-state index contributed by atoms with van der Waals surface area (Å²) in [7, 11) is -3.71. The number of para-hydroxylation sites is 1. The number of carbonyl (C=O) groups is 1. The minimum Gasteiger partial charge on any atom is -0.332 e. The summed E-state index contributed by atoms with van der Waals surface area (Å²) < 4.78 is 29.2. The van der Waals surface area contributed by atoms with Gasteiger partial charge in [-0.3, -0.25) is 4.79 Å². The van der Waals surface area contributed by atoms with Gasteiger partial charge >= 0.3 is 0 Å². The maximum atomic E-state index is 12.9. The van der Waals surface area contributed by atoms with Crippen molar-refractivity contribution in [1.29, 1.82) is 0 Å². The van der Waals surface area contributed by atoms with Gasteiger partial charge < -0.3 is 4.57 Å². The summed E-state index contributed by atoms with van der Waals surface area (Å²) in [6.45, 7) is 6.58. The molecular formula is C23H28N2O3S. The zero-order valence-corrected chi connectivity index (χ0v) is 18.0. The van der Waals surface area contributed by atoms with Crippen molar-refractivity contribution in [3.05, 3.63) is 71.9 Å². The molecule has 0 aliphatic carbocycles. The first kappa shape index (κ1) is 21.1. The number of fused-ring (bicyclic) bond motifs is 1. The molecule has 0 saturated carbocycles. The Bertz CT molecular complexity index is 1100. The van der Waals surface area contributed by atoms with E-state index in [1.54, 1.807) is 6.07 Å². The quantitative estimate of drug-likeness (QED) is 0.589. The minimum atomic E-state index is -3.71. The summed E-state index contributed by atoms with van der Waals surface area (Å²) in [4.78, 5) is 12.9. The lowest BCUT2D eigenvalue weighted by Gasteiger charge is -2.22. The van der Waals surface area contributed by atoms with Gasteiger partial charge in [-0.2, -0.15) is 0 Å². The summed E-state index contributed by atoms with van der Waals surface area (Å²) >= 11 is 0. The van der Waals surface area contributed by atoms with Crippen molar-refractivity contribution in [1.82, 2.24) is 9.29 Å². The van der Waals surface area contributed by atoms with Crippen LogP contribution in [0.3, 0.4) is 0 Å². The average molecular weight is 413 g/mol. The number of hydrogen-bond acceptors (Lipinski definition) is 3. The summed E-state index contributed by atoms with van der Waals surface area (Å²) in [5.41, 5.74) is 2.19. The molecule has 0 bridgehead atoms. The molecular weight excluding hydrogens is 384 g/mol. The molecule has 0 aliphatic heterocycles. The predicted molar refractivity (Wildman–Crippen MR) is 117 cm³/mol. The highest BCUT2D eigenvalue weighted by atomic mass is 32.2. The zero-order chi connectivity index (χ0) is 21.1. The molecule has 0 unspecified atom stereocenters. The molecule has 1 N–H and O–H groups in total. The Kier molecular flexibility index (Phi) is 6.13. The van der Waals surface area contributed by atoms with Crippen LogP contribution >= 0.6 is 0 Å². The maximum absolute atomic E-state index is 12.9. The van der Waals surface area contributed by atoms with Crippen LogP contribution in [0.5, 0.6) is 0 Å². The van der Waals surface area contributed by atoms with Crippen LogP contribution in [0.2, 0.25) is 0 Å². The third-order valence-electron chi connectivity index (χ3n) is 5.48. The van der Waals surface area contributed by atoms with Crippen LogP contribution in [0.1, 0.15) is 49.7 Å². The fourth-order valence-corrected chi connectivity index (χ4v) is 4.48. The van der Waals surface area contributed by atoms with Gasteiger partial charge in [0.05, 0.1) is 5.75 Å². The van der Waals surface area contributed by atoms with E-state index < -0.39 is 15.9 Å². The molecule has 2 aromatic carbocycles. The smallest absolute Gasteiger partial charge is 0.281 e. The van der Waals surface area contributed by atoms with E-state index in [0.29, 0.717) is 18.7 Å². The average Bonchev–Trinajstić information content (AvgIpc) is 3.06. The molecule has 154 valence electrons. The van der Waals surface area contributed by atoms with E-state index in [2.05, 4.69) is 4.72 Å². The predicted octanol–water partition coefficient (Wildman–Crippen LogP) is 4.58. The Morgan fingerprint density at radius 2 is 1.69 bits per heavy atom. The normalized spacial score (nSPS) is 12.2. The minimum absolute atomic E-state index is 0.0709. The fourth-order valence-electron chi connectivity index (χ4n) is 3.17. The zero-order valence-electron chi connectivity index (χ0n) is 17.2. The van der Waals surface area contributed by atoms with E-state index >= 15 is 0 Å². The third kappa shape index (κ3) is 5.26. The third-order valence-corrected chi connectivity index (χ3v) is 6.72. The molecule has 1 heterocycles. The van der Waals surface area contributed by atoms with Gasteiger partial charge in [-0.25, -0.2) is 13.1 Å². The molecule has 0 radical (unpaired) electrons. The van der Waals surface area contributed by atoms with Crippen LogP contribution in [0.4, 0.5) is 0 Å². The number of benzene rings is 2. The lowest BCUT2D eigenvalue weighted by atomic mass is 9.87. The Morgan fingerprint density at radius 3 is 2.38 bits per heavy atom. The monoisotopic (exact) mass is 412 g/mol. The Balaban J connectivity index is 1.88. The summed E-state index contributed by atoms with van der Waals surface area (Å²) in [6, 6.07) is 19.2. The van der Waals surface area contributed by atoms with E-state index in [1.165, 1.54) is 0 Å². The molecule has 0 atom stereocenters. The largest absolute Gasteiger partial charge is 0.332 e. The topological polar surface area (TPSA) is 68.2 Å². The molecule has 0 fully saturated rings. The first-order valence-electron chi connectivity index (χ1n) is 9.88. The van der Waals surface area contributed by atoms with Crippen LogP contribution in [0.25, 0.3) is 10.9 Å². The lowest BCUT2D eigenvalue weighted by Crippen LogP contribution is -2.35. The van der Waals surface area contributed by atoms with E-state index in [-0.39, 0.29) is 11.2 Å². The number of hydrogen-bond donors (Lipinski definition) is 1. The summed E-state index contributed by atoms with van der Waals surface area (Å²) in [6.07, 6.45) is 1.38. The number of sulfonamides is 1. The Labute approximate surface area is 172 Å². The van der Waals surface area contributed by atoms with Gasteiger partial charge in [0.25, 0.3) is 5.91 Å². The number of aromatic nitrogens is 1. The molecule has 1 amide bonds. The van der Waals surface area contributed by atoms with Crippen molar-refractivity contribution in [3.8, 4) is 0 Å². The van der Waals surface area contributed by atoms with Gasteiger partial charge in [-0.15, -0.1) is 0 Å². The molecule has 0 saturated heterocycles. The van der Waals surface area contributed by atoms with E-state index in [0.717, 1.165) is 22.9 Å². The van der Waals surface area contributed by atoms with Crippen LogP contribution in [0, 0.1) is 5.41 Å². The van der Waals surface area contributed by atoms with Crippen molar-refractivity contribution >= 4 is 26.8 Å². The number of rotatable bonds is 8. The Hall–Kier alpha value is -2.60. The molecule has 3 rings (SSSR count). The molecule has 5 nitrogen and oxygen atoms in total. The second-order valence-electron chi connectivity index (χ2n) is 8.18. The maximum Gasteiger partial charge on any atom is 0.281 e. The molecule has 1 aromatic heterocycles. The van der Waals surface area contributed by atoms with Gasteiger partial charge in [-0.05, 0) is 29.5 Å². The SMILES string of the molecule is CCC(C)(C)CCS(=O)(=O)NC(=O)c1cc2ccccc2n1Cc1ccccc1. The highest BCUT2D eigenvalue weighted by molar-refractivity contribution is 7.90. The van der Waals surface area contributed by atoms with E-state index in [1.807, 2.05) is 79.9 Å². The summed E-state index contributed by atoms with van der Waals surface area (Å²) in [5.74, 6) is -0.662. The highest BCUT2D eigenvalue weighted by Gasteiger charge is 2.24. The summed E-state index contributed by atoms with van der Waals surface area (Å²) in [5, 5.41) is 0.901. The first-order valence-corrected chi connectivity index (χ1v) is 11.5. The lowest BCUT2D eigenvalue weighted by molar-refractivity contribution is 0.0973. The second-order valence-corrected chi connectivity index (χ2v) is 10.0. The number of carbonyl (C=O) groups excluding carboxylic acids is 1. The van der Waals surface area contributed by atoms with E-state index in [4.69, 9.17) is 0 Å². The number of nitrogens with one attached hydrogen (secondary N) is 1.